The molecule has 194 valence electrons. The number of amides is 1. The maximum absolute atomic E-state index is 13.6. The molecule has 2 aliphatic heterocycles. The number of aromatic amines is 1. The molecule has 2 aromatic carbocycles. The predicted molar refractivity (Wildman–Crippen MR) is 145 cm³/mol. The van der Waals surface area contributed by atoms with Crippen LogP contribution < -0.4 is 4.74 Å². The van der Waals surface area contributed by atoms with Crippen LogP contribution in [0.4, 0.5) is 0 Å². The fourth-order valence-electron chi connectivity index (χ4n) is 5.29. The van der Waals surface area contributed by atoms with Gasteiger partial charge in [-0.1, -0.05) is 18.2 Å². The molecular formula is C30H31N5O3. The van der Waals surface area contributed by atoms with Gasteiger partial charge in [0, 0.05) is 31.7 Å². The second-order valence-corrected chi connectivity index (χ2v) is 10.2. The first-order valence-electron chi connectivity index (χ1n) is 13.0. The number of aryl methyl sites for hydroxylation is 2. The van der Waals surface area contributed by atoms with E-state index in [0.717, 1.165) is 40.6 Å². The van der Waals surface area contributed by atoms with Crippen LogP contribution in [0.5, 0.6) is 5.88 Å². The Morgan fingerprint density at radius 1 is 1.13 bits per heavy atom. The van der Waals surface area contributed by atoms with Gasteiger partial charge in [-0.2, -0.15) is 5.26 Å². The number of likely N-dealkylation sites (tertiary alicyclic amines) is 1. The first kappa shape index (κ1) is 24.1. The number of piperidine rings is 1. The number of fused-ring (bicyclic) bond motifs is 1. The Morgan fingerprint density at radius 2 is 1.89 bits per heavy atom. The molecule has 0 atom stereocenters. The standard InChI is InChI=1S/C30H29N5O3.H2/c1-18-11-19(2)25(30(36)35-9-7-22(8-10-35)21-5-3-20(14-31)4-6-21)12-24(18)29-33-26-13-28(32-15-27(26)34-29)38-23-16-37-17-23;/h3-6,11-13,15,22-23H,7-10,16-17H2,1-2H3,(H,33,34);1H. The number of H-pyrrole nitrogens is 1. The molecule has 4 aromatic rings. The van der Waals surface area contributed by atoms with Gasteiger partial charge in [0.2, 0.25) is 5.88 Å². The van der Waals surface area contributed by atoms with E-state index in [-0.39, 0.29) is 13.4 Å². The second-order valence-electron chi connectivity index (χ2n) is 10.2. The quantitative estimate of drug-likeness (QED) is 0.399. The number of carbonyl (C=O) groups is 1. The molecule has 2 fully saturated rings. The Hall–Kier alpha value is -4.22. The van der Waals surface area contributed by atoms with Crippen molar-refractivity contribution in [1.82, 2.24) is 19.9 Å². The van der Waals surface area contributed by atoms with Crippen LogP contribution in [0.25, 0.3) is 22.4 Å². The Labute approximate surface area is 222 Å². The van der Waals surface area contributed by atoms with Gasteiger partial charge in [-0.3, -0.25) is 4.79 Å². The lowest BCUT2D eigenvalue weighted by Crippen LogP contribution is -2.38. The molecule has 2 aliphatic rings. The number of pyridine rings is 1. The normalized spacial score (nSPS) is 16.3. The monoisotopic (exact) mass is 509 g/mol. The highest BCUT2D eigenvalue weighted by atomic mass is 16.6. The van der Waals surface area contributed by atoms with Crippen molar-refractivity contribution in [2.45, 2.75) is 38.7 Å². The van der Waals surface area contributed by atoms with Crippen LogP contribution in [0.1, 0.15) is 52.8 Å². The number of rotatable bonds is 5. The molecule has 0 unspecified atom stereocenters. The number of nitrogens with zero attached hydrogens (tertiary/aromatic N) is 4. The molecule has 38 heavy (non-hydrogen) atoms. The lowest BCUT2D eigenvalue weighted by atomic mass is 9.88. The number of hydrogen-bond acceptors (Lipinski definition) is 6. The van der Waals surface area contributed by atoms with Crippen molar-refractivity contribution in [2.24, 2.45) is 0 Å². The molecular weight excluding hydrogens is 478 g/mol. The smallest absolute Gasteiger partial charge is 0.254 e. The summed E-state index contributed by atoms with van der Waals surface area (Å²) in [5.74, 6) is 1.69. The van der Waals surface area contributed by atoms with E-state index in [0.29, 0.717) is 55.1 Å². The summed E-state index contributed by atoms with van der Waals surface area (Å²) in [5.41, 5.74) is 7.10. The third-order valence-electron chi connectivity index (χ3n) is 7.59. The van der Waals surface area contributed by atoms with Crippen molar-refractivity contribution in [1.29, 1.82) is 5.26 Å². The summed E-state index contributed by atoms with van der Waals surface area (Å²) in [4.78, 5) is 28.1. The molecule has 1 amide bonds. The summed E-state index contributed by atoms with van der Waals surface area (Å²) in [7, 11) is 0. The van der Waals surface area contributed by atoms with Crippen molar-refractivity contribution in [3.05, 3.63) is 76.5 Å². The topological polar surface area (TPSA) is 104 Å². The largest absolute Gasteiger partial charge is 0.469 e. The van der Waals surface area contributed by atoms with Gasteiger partial charge in [-0.25, -0.2) is 9.97 Å². The minimum Gasteiger partial charge on any atom is -0.469 e. The third kappa shape index (κ3) is 4.61. The average molecular weight is 510 g/mol. The van der Waals surface area contributed by atoms with E-state index in [1.165, 1.54) is 5.56 Å². The van der Waals surface area contributed by atoms with E-state index < -0.39 is 0 Å². The van der Waals surface area contributed by atoms with E-state index in [9.17, 15) is 4.79 Å². The number of ether oxygens (including phenoxy) is 2. The van der Waals surface area contributed by atoms with Crippen molar-refractivity contribution in [2.75, 3.05) is 26.3 Å². The molecule has 6 rings (SSSR count). The van der Waals surface area contributed by atoms with Gasteiger partial charge in [-0.05, 0) is 67.5 Å². The van der Waals surface area contributed by atoms with Crippen LogP contribution in [0.15, 0.2) is 48.7 Å². The van der Waals surface area contributed by atoms with Crippen LogP contribution in [0.2, 0.25) is 0 Å². The van der Waals surface area contributed by atoms with Gasteiger partial charge >= 0.3 is 0 Å². The summed E-state index contributed by atoms with van der Waals surface area (Å²) in [6.45, 7) is 6.60. The Bertz CT molecular complexity index is 1550. The Balaban J connectivity index is 0.00000308. The Kier molecular flexibility index (Phi) is 6.30. The van der Waals surface area contributed by atoms with Crippen LogP contribution in [-0.4, -0.2) is 58.2 Å². The fourth-order valence-corrected chi connectivity index (χ4v) is 5.29. The summed E-state index contributed by atoms with van der Waals surface area (Å²) < 4.78 is 11.0. The zero-order chi connectivity index (χ0) is 26.2. The van der Waals surface area contributed by atoms with E-state index in [2.05, 4.69) is 22.1 Å². The van der Waals surface area contributed by atoms with E-state index in [4.69, 9.17) is 19.7 Å². The highest BCUT2D eigenvalue weighted by molar-refractivity contribution is 5.97. The summed E-state index contributed by atoms with van der Waals surface area (Å²) >= 11 is 0. The molecule has 0 bridgehead atoms. The van der Waals surface area contributed by atoms with Crippen LogP contribution >= 0.6 is 0 Å². The van der Waals surface area contributed by atoms with Crippen molar-refractivity contribution in [3.8, 4) is 23.3 Å². The van der Waals surface area contributed by atoms with Crippen LogP contribution in [0.3, 0.4) is 0 Å². The minimum atomic E-state index is 0. The zero-order valence-corrected chi connectivity index (χ0v) is 21.5. The molecule has 0 spiro atoms. The van der Waals surface area contributed by atoms with Crippen LogP contribution in [-0.2, 0) is 4.74 Å². The third-order valence-corrected chi connectivity index (χ3v) is 7.59. The molecule has 0 saturated carbocycles. The molecule has 1 N–H and O–H groups in total. The molecule has 8 heteroatoms. The van der Waals surface area contributed by atoms with E-state index >= 15 is 0 Å². The number of nitriles is 1. The van der Waals surface area contributed by atoms with Crippen molar-refractivity contribution in [3.63, 3.8) is 0 Å². The minimum absolute atomic E-state index is 0. The lowest BCUT2D eigenvalue weighted by Gasteiger charge is -2.32. The predicted octanol–water partition coefficient (Wildman–Crippen LogP) is 5.16. The summed E-state index contributed by atoms with van der Waals surface area (Å²) in [6, 6.07) is 15.8. The lowest BCUT2D eigenvalue weighted by molar-refractivity contribution is -0.0812. The Morgan fingerprint density at radius 3 is 2.58 bits per heavy atom. The van der Waals surface area contributed by atoms with Gasteiger partial charge in [0.05, 0.1) is 42.1 Å². The molecule has 2 aromatic heterocycles. The highest BCUT2D eigenvalue weighted by Crippen LogP contribution is 2.31. The first-order valence-corrected chi connectivity index (χ1v) is 13.0. The van der Waals surface area contributed by atoms with E-state index in [1.54, 1.807) is 6.20 Å². The number of imidazole rings is 1. The zero-order valence-electron chi connectivity index (χ0n) is 21.5. The maximum atomic E-state index is 13.6. The van der Waals surface area contributed by atoms with E-state index in [1.807, 2.05) is 55.1 Å². The number of benzene rings is 2. The van der Waals surface area contributed by atoms with Gasteiger partial charge < -0.3 is 19.4 Å². The van der Waals surface area contributed by atoms with Crippen molar-refractivity contribution < 1.29 is 15.7 Å². The summed E-state index contributed by atoms with van der Waals surface area (Å²) in [6.07, 6.45) is 3.58. The first-order chi connectivity index (χ1) is 18.5. The van der Waals surface area contributed by atoms with Crippen molar-refractivity contribution >= 4 is 16.9 Å². The average Bonchev–Trinajstić information content (AvgIpc) is 3.34. The summed E-state index contributed by atoms with van der Waals surface area (Å²) in [5, 5.41) is 9.05. The molecule has 2 saturated heterocycles. The highest BCUT2D eigenvalue weighted by Gasteiger charge is 2.26. The maximum Gasteiger partial charge on any atom is 0.254 e. The number of hydrogen-bond donors (Lipinski definition) is 1. The second kappa shape index (κ2) is 9.92. The SMILES string of the molecule is Cc1cc(C)c(-c2nc3cc(OC4COC4)ncc3[nH]2)cc1C(=O)N1CCC(c2ccc(C#N)cc2)CC1.[HH]. The number of nitrogens with one attached hydrogen (secondary N) is 1. The van der Waals surface area contributed by atoms with Gasteiger partial charge in [0.1, 0.15) is 11.9 Å². The molecule has 0 aliphatic carbocycles. The number of carbonyl (C=O) groups excluding carboxylic acids is 1. The fraction of sp³-hybridized carbons (Fsp3) is 0.333. The molecule has 0 radical (unpaired) electrons. The molecule has 4 heterocycles. The van der Waals surface area contributed by atoms with Gasteiger partial charge in [0.15, 0.2) is 0 Å². The van der Waals surface area contributed by atoms with Gasteiger partial charge in [0.25, 0.3) is 5.91 Å². The van der Waals surface area contributed by atoms with Crippen LogP contribution in [0, 0.1) is 25.2 Å². The number of aromatic nitrogens is 3. The molecule has 8 nitrogen and oxygen atoms in total. The van der Waals surface area contributed by atoms with Gasteiger partial charge in [-0.15, -0.1) is 0 Å².